The van der Waals surface area contributed by atoms with Crippen molar-refractivity contribution < 1.29 is 9.53 Å². The van der Waals surface area contributed by atoms with Gasteiger partial charge in [0, 0.05) is 25.6 Å². The largest absolute Gasteiger partial charge is 0.495 e. The molecule has 0 radical (unpaired) electrons. The Labute approximate surface area is 149 Å². The van der Waals surface area contributed by atoms with Crippen molar-refractivity contribution in [1.29, 1.82) is 0 Å². The van der Waals surface area contributed by atoms with Crippen LogP contribution in [-0.2, 0) is 11.2 Å². The molecule has 4 nitrogen and oxygen atoms in total. The van der Waals surface area contributed by atoms with Gasteiger partial charge in [0.05, 0.1) is 12.1 Å². The van der Waals surface area contributed by atoms with Crippen molar-refractivity contribution in [3.8, 4) is 5.75 Å². The van der Waals surface area contributed by atoms with Gasteiger partial charge in [0.15, 0.2) is 0 Å². The van der Waals surface area contributed by atoms with E-state index in [9.17, 15) is 4.79 Å². The first-order chi connectivity index (χ1) is 10.5. The van der Waals surface area contributed by atoms with Crippen LogP contribution in [0.25, 0.3) is 0 Å². The van der Waals surface area contributed by atoms with Gasteiger partial charge in [-0.1, -0.05) is 24.6 Å². The highest BCUT2D eigenvalue weighted by atomic mass is 35.5. The van der Waals surface area contributed by atoms with E-state index < -0.39 is 0 Å². The molecule has 2 N–H and O–H groups in total. The standard InChI is InChI=1S/C17H25ClN2O2.ClH/c1-12-7-8-20(14(9-12)11-19)17(21)6-4-13-3-5-16(22-2)15(18)10-13;/h3,5,10,12,14H,4,6-9,11,19H2,1-2H3;1H. The summed E-state index contributed by atoms with van der Waals surface area (Å²) < 4.78 is 5.14. The van der Waals surface area contributed by atoms with Gasteiger partial charge in [0.1, 0.15) is 5.75 Å². The predicted octanol–water partition coefficient (Wildman–Crippen LogP) is 3.29. The fourth-order valence-electron chi connectivity index (χ4n) is 3.06. The van der Waals surface area contributed by atoms with Crippen LogP contribution in [0.2, 0.25) is 5.02 Å². The summed E-state index contributed by atoms with van der Waals surface area (Å²) >= 11 is 6.12. The van der Waals surface area contributed by atoms with Crippen LogP contribution in [0.1, 0.15) is 31.7 Å². The molecule has 23 heavy (non-hydrogen) atoms. The lowest BCUT2D eigenvalue weighted by atomic mass is 9.92. The molecule has 1 aromatic rings. The average molecular weight is 361 g/mol. The number of benzene rings is 1. The molecule has 130 valence electrons. The van der Waals surface area contributed by atoms with Gasteiger partial charge in [0.2, 0.25) is 5.91 Å². The number of carbonyl (C=O) groups is 1. The average Bonchev–Trinajstić information content (AvgIpc) is 2.52. The number of amides is 1. The molecule has 0 aliphatic carbocycles. The van der Waals surface area contributed by atoms with Gasteiger partial charge in [0.25, 0.3) is 0 Å². The van der Waals surface area contributed by atoms with E-state index >= 15 is 0 Å². The minimum absolute atomic E-state index is 0. The molecule has 2 atom stereocenters. The third kappa shape index (κ3) is 5.27. The number of hydrogen-bond donors (Lipinski definition) is 1. The van der Waals surface area contributed by atoms with E-state index in [0.717, 1.165) is 24.9 Å². The number of aryl methyl sites for hydroxylation is 1. The predicted molar refractivity (Wildman–Crippen MR) is 96.5 cm³/mol. The molecule has 2 rings (SSSR count). The normalized spacial score (nSPS) is 20.8. The number of piperidine rings is 1. The summed E-state index contributed by atoms with van der Waals surface area (Å²) in [6, 6.07) is 5.85. The molecular weight excluding hydrogens is 335 g/mol. The maximum absolute atomic E-state index is 12.5. The minimum Gasteiger partial charge on any atom is -0.495 e. The number of carbonyl (C=O) groups excluding carboxylic acids is 1. The SMILES string of the molecule is COc1ccc(CCC(=O)N2CCC(C)CC2CN)cc1Cl.Cl. The fourth-order valence-corrected chi connectivity index (χ4v) is 3.34. The van der Waals surface area contributed by atoms with Crippen LogP contribution in [0, 0.1) is 5.92 Å². The Bertz CT molecular complexity index is 525. The maximum atomic E-state index is 12.5. The first-order valence-corrected chi connectivity index (χ1v) is 8.25. The van der Waals surface area contributed by atoms with Crippen LogP contribution in [0.5, 0.6) is 5.75 Å². The van der Waals surface area contributed by atoms with E-state index in [4.69, 9.17) is 22.1 Å². The Morgan fingerprint density at radius 3 is 2.83 bits per heavy atom. The van der Waals surface area contributed by atoms with Gasteiger partial charge in [-0.15, -0.1) is 12.4 Å². The molecule has 1 heterocycles. The highest BCUT2D eigenvalue weighted by Crippen LogP contribution is 2.26. The Balaban J connectivity index is 0.00000264. The molecule has 0 spiro atoms. The maximum Gasteiger partial charge on any atom is 0.223 e. The van der Waals surface area contributed by atoms with Crippen LogP contribution < -0.4 is 10.5 Å². The topological polar surface area (TPSA) is 55.6 Å². The van der Waals surface area contributed by atoms with Gasteiger partial charge in [-0.2, -0.15) is 0 Å². The highest BCUT2D eigenvalue weighted by Gasteiger charge is 2.28. The summed E-state index contributed by atoms with van der Waals surface area (Å²) in [6.45, 7) is 3.60. The van der Waals surface area contributed by atoms with Gasteiger partial charge < -0.3 is 15.4 Å². The first-order valence-electron chi connectivity index (χ1n) is 7.87. The summed E-state index contributed by atoms with van der Waals surface area (Å²) in [5.41, 5.74) is 6.88. The van der Waals surface area contributed by atoms with E-state index in [0.29, 0.717) is 36.1 Å². The molecule has 1 aromatic carbocycles. The van der Waals surface area contributed by atoms with E-state index in [1.165, 1.54) is 0 Å². The fraction of sp³-hybridized carbons (Fsp3) is 0.588. The van der Waals surface area contributed by atoms with Gasteiger partial charge in [-0.3, -0.25) is 4.79 Å². The Morgan fingerprint density at radius 2 is 2.22 bits per heavy atom. The van der Waals surface area contributed by atoms with Crippen LogP contribution in [0.4, 0.5) is 0 Å². The number of nitrogens with two attached hydrogens (primary N) is 1. The zero-order chi connectivity index (χ0) is 16.1. The van der Waals surface area contributed by atoms with Gasteiger partial charge in [-0.05, 0) is 42.9 Å². The summed E-state index contributed by atoms with van der Waals surface area (Å²) in [7, 11) is 1.59. The van der Waals surface area contributed by atoms with Crippen molar-refractivity contribution in [1.82, 2.24) is 4.90 Å². The molecule has 0 aromatic heterocycles. The Kier molecular flexibility index (Phi) is 8.17. The smallest absolute Gasteiger partial charge is 0.223 e. The molecule has 1 aliphatic rings. The summed E-state index contributed by atoms with van der Waals surface area (Å²) in [6.07, 6.45) is 3.26. The Hall–Kier alpha value is -0.970. The second kappa shape index (κ2) is 9.36. The van der Waals surface area contributed by atoms with Crippen molar-refractivity contribution in [3.63, 3.8) is 0 Å². The molecule has 2 unspecified atom stereocenters. The van der Waals surface area contributed by atoms with Crippen LogP contribution in [-0.4, -0.2) is 37.0 Å². The van der Waals surface area contributed by atoms with Crippen molar-refractivity contribution in [2.45, 2.75) is 38.6 Å². The van der Waals surface area contributed by atoms with E-state index in [-0.39, 0.29) is 24.4 Å². The second-order valence-electron chi connectivity index (χ2n) is 6.08. The van der Waals surface area contributed by atoms with Crippen molar-refractivity contribution in [2.24, 2.45) is 11.7 Å². The summed E-state index contributed by atoms with van der Waals surface area (Å²) in [5, 5.41) is 0.582. The van der Waals surface area contributed by atoms with Gasteiger partial charge in [-0.25, -0.2) is 0 Å². The molecule has 6 heteroatoms. The number of halogens is 2. The third-order valence-corrected chi connectivity index (χ3v) is 4.71. The van der Waals surface area contributed by atoms with Crippen molar-refractivity contribution >= 4 is 29.9 Å². The van der Waals surface area contributed by atoms with Crippen molar-refractivity contribution in [3.05, 3.63) is 28.8 Å². The van der Waals surface area contributed by atoms with E-state index in [1.54, 1.807) is 7.11 Å². The van der Waals surface area contributed by atoms with Crippen molar-refractivity contribution in [2.75, 3.05) is 20.2 Å². The molecule has 0 bridgehead atoms. The van der Waals surface area contributed by atoms with Crippen LogP contribution in [0.15, 0.2) is 18.2 Å². The van der Waals surface area contributed by atoms with Gasteiger partial charge >= 0.3 is 0 Å². The summed E-state index contributed by atoms with van der Waals surface area (Å²) in [4.78, 5) is 14.4. The monoisotopic (exact) mass is 360 g/mol. The number of methoxy groups -OCH3 is 1. The Morgan fingerprint density at radius 1 is 1.48 bits per heavy atom. The quantitative estimate of drug-likeness (QED) is 0.876. The van der Waals surface area contributed by atoms with E-state index in [1.807, 2.05) is 23.1 Å². The number of ether oxygens (including phenoxy) is 1. The lowest BCUT2D eigenvalue weighted by Gasteiger charge is -2.38. The number of hydrogen-bond acceptors (Lipinski definition) is 3. The molecule has 1 aliphatic heterocycles. The lowest BCUT2D eigenvalue weighted by Crippen LogP contribution is -2.49. The third-order valence-electron chi connectivity index (χ3n) is 4.41. The number of likely N-dealkylation sites (tertiary alicyclic amines) is 1. The molecule has 0 saturated carbocycles. The molecular formula is C17H26Cl2N2O2. The molecule has 1 fully saturated rings. The zero-order valence-corrected chi connectivity index (χ0v) is 15.3. The highest BCUT2D eigenvalue weighted by molar-refractivity contribution is 6.32. The minimum atomic E-state index is 0. The lowest BCUT2D eigenvalue weighted by molar-refractivity contribution is -0.135. The first kappa shape index (κ1) is 20.1. The van der Waals surface area contributed by atoms with Crippen LogP contribution >= 0.6 is 24.0 Å². The van der Waals surface area contributed by atoms with E-state index in [2.05, 4.69) is 6.92 Å². The number of rotatable bonds is 5. The molecule has 1 amide bonds. The zero-order valence-electron chi connectivity index (χ0n) is 13.8. The van der Waals surface area contributed by atoms with Crippen LogP contribution in [0.3, 0.4) is 0 Å². The molecule has 1 saturated heterocycles. The number of nitrogens with zero attached hydrogens (tertiary/aromatic N) is 1. The summed E-state index contributed by atoms with van der Waals surface area (Å²) in [5.74, 6) is 1.50. The second-order valence-corrected chi connectivity index (χ2v) is 6.48.